The van der Waals surface area contributed by atoms with Gasteiger partial charge in [-0.15, -0.1) is 0 Å². The van der Waals surface area contributed by atoms with E-state index in [1.807, 2.05) is 43.3 Å². The number of hydrogen-bond acceptors (Lipinski definition) is 3. The number of carbonyl (C=O) groups excluding carboxylic acids is 1. The number of aromatic nitrogens is 1. The minimum atomic E-state index is -2.80. The lowest BCUT2D eigenvalue weighted by Gasteiger charge is -2.24. The quantitative estimate of drug-likeness (QED) is 0.906. The van der Waals surface area contributed by atoms with Crippen LogP contribution in [0, 0.1) is 0 Å². The number of alkyl halides is 2. The molecule has 132 valence electrons. The van der Waals surface area contributed by atoms with Gasteiger partial charge in [0, 0.05) is 31.9 Å². The van der Waals surface area contributed by atoms with Crippen LogP contribution in [-0.2, 0) is 11.3 Å². The molecule has 1 atom stereocenters. The molecule has 1 aliphatic rings. The smallest absolute Gasteiger partial charge is 0.262 e. The van der Waals surface area contributed by atoms with Crippen LogP contribution in [0.3, 0.4) is 0 Å². The van der Waals surface area contributed by atoms with E-state index in [1.54, 1.807) is 17.3 Å². The van der Waals surface area contributed by atoms with Gasteiger partial charge in [-0.2, -0.15) is 0 Å². The molecule has 6 heteroatoms. The predicted octanol–water partition coefficient (Wildman–Crippen LogP) is 3.09. The molecule has 0 spiro atoms. The Balaban J connectivity index is 1.73. The van der Waals surface area contributed by atoms with E-state index in [0.29, 0.717) is 13.1 Å². The molecule has 1 unspecified atom stereocenters. The SMILES string of the molecule is CCN(Cc1cccc(-c2ccncc2)c1)C(=O)C1CC(F)(F)CN1. The van der Waals surface area contributed by atoms with Crippen LogP contribution in [0.25, 0.3) is 11.1 Å². The fraction of sp³-hybridized carbons (Fsp3) is 0.368. The number of hydrogen-bond donors (Lipinski definition) is 1. The summed E-state index contributed by atoms with van der Waals surface area (Å²) in [6, 6.07) is 10.9. The van der Waals surface area contributed by atoms with Gasteiger partial charge in [-0.05, 0) is 41.8 Å². The van der Waals surface area contributed by atoms with Gasteiger partial charge in [0.25, 0.3) is 5.92 Å². The number of benzene rings is 1. The van der Waals surface area contributed by atoms with Crippen LogP contribution in [0.15, 0.2) is 48.8 Å². The molecule has 0 saturated carbocycles. The summed E-state index contributed by atoms with van der Waals surface area (Å²) in [4.78, 5) is 18.2. The first-order valence-electron chi connectivity index (χ1n) is 8.38. The minimum absolute atomic E-state index is 0.269. The molecular formula is C19H21F2N3O. The number of rotatable bonds is 5. The first-order chi connectivity index (χ1) is 12.0. The molecule has 1 amide bonds. The van der Waals surface area contributed by atoms with Gasteiger partial charge in [0.15, 0.2) is 0 Å². The second-order valence-electron chi connectivity index (χ2n) is 6.28. The molecule has 1 saturated heterocycles. The van der Waals surface area contributed by atoms with Crippen LogP contribution < -0.4 is 5.32 Å². The summed E-state index contributed by atoms with van der Waals surface area (Å²) in [5.74, 6) is -3.07. The summed E-state index contributed by atoms with van der Waals surface area (Å²) in [5, 5.41) is 2.64. The van der Waals surface area contributed by atoms with Gasteiger partial charge in [0.2, 0.25) is 5.91 Å². The maximum atomic E-state index is 13.4. The van der Waals surface area contributed by atoms with Gasteiger partial charge in [-0.25, -0.2) is 8.78 Å². The lowest BCUT2D eigenvalue weighted by atomic mass is 10.0. The summed E-state index contributed by atoms with van der Waals surface area (Å²) < 4.78 is 26.7. The number of pyridine rings is 1. The van der Waals surface area contributed by atoms with E-state index in [0.717, 1.165) is 16.7 Å². The van der Waals surface area contributed by atoms with Crippen molar-refractivity contribution in [1.29, 1.82) is 0 Å². The summed E-state index contributed by atoms with van der Waals surface area (Å²) in [6.07, 6.45) is 3.03. The molecule has 3 rings (SSSR count). The standard InChI is InChI=1S/C19H21F2N3O/c1-2-24(18(25)17-11-19(20,21)13-23-17)12-14-4-3-5-16(10-14)15-6-8-22-9-7-15/h3-10,17,23H,2,11-13H2,1H3. The highest BCUT2D eigenvalue weighted by atomic mass is 19.3. The Morgan fingerprint density at radius 2 is 2.04 bits per heavy atom. The Labute approximate surface area is 145 Å². The minimum Gasteiger partial charge on any atom is -0.337 e. The molecule has 1 aromatic heterocycles. The van der Waals surface area contributed by atoms with Crippen LogP contribution in [0.2, 0.25) is 0 Å². The molecule has 2 heterocycles. The maximum absolute atomic E-state index is 13.4. The number of amides is 1. The van der Waals surface area contributed by atoms with Gasteiger partial charge in [0.1, 0.15) is 0 Å². The molecule has 25 heavy (non-hydrogen) atoms. The van der Waals surface area contributed by atoms with Gasteiger partial charge >= 0.3 is 0 Å². The van der Waals surface area contributed by atoms with Crippen molar-refractivity contribution in [2.45, 2.75) is 31.9 Å². The summed E-state index contributed by atoms with van der Waals surface area (Å²) >= 11 is 0. The van der Waals surface area contributed by atoms with E-state index >= 15 is 0 Å². The van der Waals surface area contributed by atoms with Crippen LogP contribution in [0.1, 0.15) is 18.9 Å². The molecular weight excluding hydrogens is 324 g/mol. The third-order valence-corrected chi connectivity index (χ3v) is 4.42. The molecule has 1 aliphatic heterocycles. The molecule has 4 nitrogen and oxygen atoms in total. The topological polar surface area (TPSA) is 45.2 Å². The third-order valence-electron chi connectivity index (χ3n) is 4.42. The Morgan fingerprint density at radius 1 is 1.28 bits per heavy atom. The second-order valence-corrected chi connectivity index (χ2v) is 6.28. The van der Waals surface area contributed by atoms with Crippen molar-refractivity contribution in [2.75, 3.05) is 13.1 Å². The Bertz CT molecular complexity index is 736. The molecule has 2 aromatic rings. The second kappa shape index (κ2) is 7.27. The van der Waals surface area contributed by atoms with Crippen molar-refractivity contribution >= 4 is 5.91 Å². The Hall–Kier alpha value is -2.34. The third kappa shape index (κ3) is 4.20. The summed E-state index contributed by atoms with van der Waals surface area (Å²) in [7, 11) is 0. The zero-order valence-electron chi connectivity index (χ0n) is 14.1. The maximum Gasteiger partial charge on any atom is 0.262 e. The van der Waals surface area contributed by atoms with Crippen molar-refractivity contribution in [3.63, 3.8) is 0 Å². The fourth-order valence-electron chi connectivity index (χ4n) is 3.07. The zero-order valence-corrected chi connectivity index (χ0v) is 14.1. The number of nitrogens with zero attached hydrogens (tertiary/aromatic N) is 2. The number of carbonyl (C=O) groups is 1. The predicted molar refractivity (Wildman–Crippen MR) is 92.1 cm³/mol. The highest BCUT2D eigenvalue weighted by Gasteiger charge is 2.43. The molecule has 1 aromatic carbocycles. The Morgan fingerprint density at radius 3 is 2.68 bits per heavy atom. The van der Waals surface area contributed by atoms with Crippen LogP contribution in [0.5, 0.6) is 0 Å². The highest BCUT2D eigenvalue weighted by Crippen LogP contribution is 2.26. The molecule has 0 aliphatic carbocycles. The van der Waals surface area contributed by atoms with Crippen molar-refractivity contribution in [3.8, 4) is 11.1 Å². The van der Waals surface area contributed by atoms with Gasteiger partial charge < -0.3 is 4.90 Å². The lowest BCUT2D eigenvalue weighted by Crippen LogP contribution is -2.43. The van der Waals surface area contributed by atoms with Crippen molar-refractivity contribution in [2.24, 2.45) is 0 Å². The fourth-order valence-corrected chi connectivity index (χ4v) is 3.07. The van der Waals surface area contributed by atoms with E-state index in [2.05, 4.69) is 10.3 Å². The molecule has 0 radical (unpaired) electrons. The average molecular weight is 345 g/mol. The van der Waals surface area contributed by atoms with E-state index < -0.39 is 24.9 Å². The monoisotopic (exact) mass is 345 g/mol. The van der Waals surface area contributed by atoms with Crippen LogP contribution >= 0.6 is 0 Å². The van der Waals surface area contributed by atoms with Crippen molar-refractivity contribution in [3.05, 3.63) is 54.4 Å². The molecule has 1 fully saturated rings. The molecule has 1 N–H and O–H groups in total. The number of likely N-dealkylation sites (N-methyl/N-ethyl adjacent to an activating group) is 1. The molecule has 0 bridgehead atoms. The van der Waals surface area contributed by atoms with E-state index in [-0.39, 0.29) is 5.91 Å². The first kappa shape index (κ1) is 17.5. The lowest BCUT2D eigenvalue weighted by molar-refractivity contribution is -0.134. The van der Waals surface area contributed by atoms with Crippen molar-refractivity contribution < 1.29 is 13.6 Å². The van der Waals surface area contributed by atoms with Crippen LogP contribution in [-0.4, -0.2) is 40.8 Å². The Kier molecular flexibility index (Phi) is 5.08. The summed E-state index contributed by atoms with van der Waals surface area (Å²) in [6.45, 7) is 2.30. The first-order valence-corrected chi connectivity index (χ1v) is 8.38. The normalized spacial score (nSPS) is 18.9. The van der Waals surface area contributed by atoms with Crippen molar-refractivity contribution in [1.82, 2.24) is 15.2 Å². The van der Waals surface area contributed by atoms with Crippen LogP contribution in [0.4, 0.5) is 8.78 Å². The average Bonchev–Trinajstić information content (AvgIpc) is 3.00. The largest absolute Gasteiger partial charge is 0.337 e. The summed E-state index contributed by atoms with van der Waals surface area (Å²) in [5.41, 5.74) is 3.05. The number of nitrogens with one attached hydrogen (secondary N) is 1. The van der Waals surface area contributed by atoms with Gasteiger partial charge in [0.05, 0.1) is 12.6 Å². The van der Waals surface area contributed by atoms with E-state index in [9.17, 15) is 13.6 Å². The van der Waals surface area contributed by atoms with E-state index in [1.165, 1.54) is 0 Å². The highest BCUT2D eigenvalue weighted by molar-refractivity contribution is 5.82. The van der Waals surface area contributed by atoms with Gasteiger partial charge in [-0.3, -0.25) is 15.1 Å². The zero-order chi connectivity index (χ0) is 17.9. The van der Waals surface area contributed by atoms with E-state index in [4.69, 9.17) is 0 Å². The number of halogens is 2. The van der Waals surface area contributed by atoms with Gasteiger partial charge in [-0.1, -0.05) is 18.2 Å².